The number of thioether (sulfide) groups is 1. The van der Waals surface area contributed by atoms with E-state index in [-0.39, 0.29) is 41.6 Å². The number of carbonyl (C=O) groups is 3. The van der Waals surface area contributed by atoms with Gasteiger partial charge in [0, 0.05) is 37.1 Å². The van der Waals surface area contributed by atoms with Crippen LogP contribution < -0.4 is 16.4 Å². The van der Waals surface area contributed by atoms with Gasteiger partial charge in [0.1, 0.15) is 36.3 Å². The Morgan fingerprint density at radius 3 is 1.99 bits per heavy atom. The molecule has 0 spiro atoms. The number of phosphoric acid groups is 3. The van der Waals surface area contributed by atoms with Crippen LogP contribution in [0.15, 0.2) is 12.7 Å². The minimum atomic E-state index is -5.58. The summed E-state index contributed by atoms with van der Waals surface area (Å²) in [6, 6.07) is 0. The third kappa shape index (κ3) is 24.5. The molecule has 2 aromatic rings. The number of hydrogen-bond acceptors (Lipinski definition) is 18. The molecule has 0 saturated carbocycles. The van der Waals surface area contributed by atoms with Gasteiger partial charge in [-0.05, 0) is 12.3 Å². The van der Waals surface area contributed by atoms with Crippen molar-refractivity contribution < 1.29 is 80.5 Å². The van der Waals surface area contributed by atoms with Crippen molar-refractivity contribution in [3.8, 4) is 0 Å². The minimum absolute atomic E-state index is 0.0343. The highest BCUT2D eigenvalue weighted by Gasteiger charge is 2.50. The second-order valence-corrected chi connectivity index (χ2v) is 24.4. The lowest BCUT2D eigenvalue weighted by molar-refractivity contribution is -0.137. The van der Waals surface area contributed by atoms with Gasteiger partial charge >= 0.3 is 23.5 Å². The number of nitrogens with one attached hydrogen (secondary N) is 2. The van der Waals surface area contributed by atoms with E-state index < -0.39 is 84.6 Å². The average Bonchev–Trinajstić information content (AvgIpc) is 3.87. The lowest BCUT2D eigenvalue weighted by Crippen LogP contribution is -2.46. The van der Waals surface area contributed by atoms with Crippen LogP contribution in [-0.4, -0.2) is 123 Å². The third-order valence-corrected chi connectivity index (χ3v) is 16.3. The number of nitrogens with two attached hydrogens (primary N) is 1. The first-order chi connectivity index (χ1) is 33.9. The molecule has 2 amide bonds. The molecule has 1 aliphatic heterocycles. The van der Waals surface area contributed by atoms with Crippen LogP contribution in [0.1, 0.15) is 162 Å². The highest BCUT2D eigenvalue weighted by atomic mass is 32.2. The summed E-state index contributed by atoms with van der Waals surface area (Å²) in [5, 5.41) is 26.7. The number of aliphatic hydroxyl groups is 2. The third-order valence-electron chi connectivity index (χ3n) is 12.3. The number of aromatic nitrogens is 4. The van der Waals surface area contributed by atoms with Gasteiger partial charge in [-0.3, -0.25) is 32.5 Å². The number of nitrogens with zero attached hydrogens (tertiary/aromatic N) is 4. The van der Waals surface area contributed by atoms with E-state index in [4.69, 9.17) is 19.5 Å². The van der Waals surface area contributed by atoms with Crippen LogP contribution >= 0.6 is 35.2 Å². The topological polar surface area (TPSA) is 364 Å². The van der Waals surface area contributed by atoms with Gasteiger partial charge in [0.05, 0.1) is 19.5 Å². The first-order valence-corrected chi connectivity index (χ1v) is 30.5. The van der Waals surface area contributed by atoms with E-state index in [1.54, 1.807) is 0 Å². The van der Waals surface area contributed by atoms with Gasteiger partial charge in [0.15, 0.2) is 22.8 Å². The number of fused-ring (bicyclic) bond motifs is 1. The molecule has 8 atom stereocenters. The van der Waals surface area contributed by atoms with Crippen LogP contribution in [-0.2, 0) is 50.7 Å². The summed E-state index contributed by atoms with van der Waals surface area (Å²) in [5.74, 6) is -0.143. The molecule has 72 heavy (non-hydrogen) atoms. The van der Waals surface area contributed by atoms with Crippen LogP contribution in [0.5, 0.6) is 0 Å². The van der Waals surface area contributed by atoms with Crippen LogP contribution in [0, 0.1) is 11.3 Å². The van der Waals surface area contributed by atoms with Crippen molar-refractivity contribution in [2.24, 2.45) is 11.3 Å². The zero-order chi connectivity index (χ0) is 53.4. The summed E-state index contributed by atoms with van der Waals surface area (Å²) in [4.78, 5) is 88.6. The smallest absolute Gasteiger partial charge is 0.386 e. The summed E-state index contributed by atoms with van der Waals surface area (Å²) in [6.07, 6.45) is 16.6. The van der Waals surface area contributed by atoms with Crippen LogP contribution in [0.2, 0.25) is 0 Å². The maximum absolute atomic E-state index is 12.8. The van der Waals surface area contributed by atoms with Crippen molar-refractivity contribution in [3.05, 3.63) is 12.7 Å². The van der Waals surface area contributed by atoms with E-state index in [0.717, 1.165) is 54.2 Å². The molecular formula is C44H80N7O17P3S. The normalized spacial score (nSPS) is 20.0. The molecule has 1 saturated heterocycles. The minimum Gasteiger partial charge on any atom is -0.386 e. The van der Waals surface area contributed by atoms with Crippen molar-refractivity contribution in [3.63, 3.8) is 0 Å². The Hall–Kier alpha value is -2.44. The maximum atomic E-state index is 12.8. The molecule has 414 valence electrons. The average molecular weight is 1100 g/mol. The summed E-state index contributed by atoms with van der Waals surface area (Å²) in [5.41, 5.74) is 4.30. The van der Waals surface area contributed by atoms with E-state index >= 15 is 0 Å². The van der Waals surface area contributed by atoms with Gasteiger partial charge in [-0.2, -0.15) is 4.31 Å². The van der Waals surface area contributed by atoms with Gasteiger partial charge in [-0.25, -0.2) is 28.6 Å². The standard InChI is InChI=1S/C44H80N7O17P3S/c1-5-32(2)22-20-18-16-14-12-10-8-6-7-9-11-13-15-17-19-21-23-35(53)72-27-26-46-34(52)24-25-47-42(56)39(55)44(3,4)29-65-71(62,63)68-70(60,61)64-28-33-38(67-69(57,58)59)37(54)43(66-33)51-31-50-36-40(45)48-30-49-41(36)51/h30-33,37-39,43,54-55H,5-29H2,1-4H3,(H,46,52)(H,47,56)(H,60,61)(H,62,63)(H2,45,48,49)(H2,57,58,59). The summed E-state index contributed by atoms with van der Waals surface area (Å²) in [7, 11) is -16.4. The number of amides is 2. The molecule has 0 aliphatic carbocycles. The van der Waals surface area contributed by atoms with Gasteiger partial charge in [0.25, 0.3) is 0 Å². The Balaban J connectivity index is 1.23. The number of rotatable bonds is 39. The van der Waals surface area contributed by atoms with Crippen molar-refractivity contribution in [1.29, 1.82) is 0 Å². The predicted octanol–water partition coefficient (Wildman–Crippen LogP) is 6.73. The number of anilines is 1. The van der Waals surface area contributed by atoms with E-state index in [9.17, 15) is 57.9 Å². The molecule has 0 aromatic carbocycles. The van der Waals surface area contributed by atoms with Gasteiger partial charge in [0.2, 0.25) is 11.8 Å². The van der Waals surface area contributed by atoms with Crippen LogP contribution in [0.25, 0.3) is 11.2 Å². The molecule has 3 heterocycles. The second-order valence-electron chi connectivity index (χ2n) is 19.0. The highest BCUT2D eigenvalue weighted by molar-refractivity contribution is 8.13. The van der Waals surface area contributed by atoms with Crippen molar-refractivity contribution in [2.75, 3.05) is 37.8 Å². The monoisotopic (exact) mass is 1100 g/mol. The summed E-state index contributed by atoms with van der Waals surface area (Å²) in [6.45, 7) is 5.21. The number of carbonyl (C=O) groups excluding carboxylic acids is 3. The lowest BCUT2D eigenvalue weighted by Gasteiger charge is -2.30. The Bertz CT molecular complexity index is 2100. The fourth-order valence-corrected chi connectivity index (χ4v) is 11.4. The SMILES string of the molecule is CCC(C)CCCCCCCCCCCCCCCCCCC(=O)SCCNC(=O)CCNC(=O)C(O)C(C)(C)COP(=O)(O)OP(=O)(O)OCC1OC(n2cnc3c(N)ncnc32)C(O)C1OP(=O)(O)O. The lowest BCUT2D eigenvalue weighted by atomic mass is 9.87. The van der Waals surface area contributed by atoms with Crippen LogP contribution in [0.4, 0.5) is 5.82 Å². The van der Waals surface area contributed by atoms with E-state index in [0.29, 0.717) is 12.2 Å². The molecule has 2 aromatic heterocycles. The van der Waals surface area contributed by atoms with Gasteiger partial charge in [-0.15, -0.1) is 0 Å². The summed E-state index contributed by atoms with van der Waals surface area (Å²) < 4.78 is 62.5. The Morgan fingerprint density at radius 2 is 1.40 bits per heavy atom. The van der Waals surface area contributed by atoms with Crippen molar-refractivity contribution in [2.45, 2.75) is 187 Å². The molecule has 0 bridgehead atoms. The Kier molecular flexibility index (Phi) is 28.6. The fourth-order valence-electron chi connectivity index (χ4n) is 7.81. The fraction of sp³-hybridized carbons (Fsp3) is 0.818. The zero-order valence-corrected chi connectivity index (χ0v) is 45.6. The van der Waals surface area contributed by atoms with Crippen molar-refractivity contribution >= 4 is 69.1 Å². The number of imidazole rings is 1. The maximum Gasteiger partial charge on any atom is 0.481 e. The molecule has 3 rings (SSSR count). The first-order valence-electron chi connectivity index (χ1n) is 25.0. The molecule has 28 heteroatoms. The van der Waals surface area contributed by atoms with E-state index in [2.05, 4.69) is 48.3 Å². The first kappa shape index (κ1) is 63.8. The van der Waals surface area contributed by atoms with Gasteiger partial charge < -0.3 is 50.9 Å². The Morgan fingerprint density at radius 1 is 0.833 bits per heavy atom. The number of nitrogen functional groups attached to an aromatic ring is 1. The number of phosphoric ester groups is 3. The van der Waals surface area contributed by atoms with E-state index in [1.807, 2.05) is 0 Å². The largest absolute Gasteiger partial charge is 0.481 e. The predicted molar refractivity (Wildman–Crippen MR) is 270 cm³/mol. The van der Waals surface area contributed by atoms with E-state index in [1.165, 1.54) is 110 Å². The molecule has 10 N–H and O–H groups in total. The Labute approximate surface area is 426 Å². The zero-order valence-electron chi connectivity index (χ0n) is 42.1. The number of unbranched alkanes of at least 4 members (excludes halogenated alkanes) is 15. The second kappa shape index (κ2) is 32.2. The molecular weight excluding hydrogens is 1020 g/mol. The molecule has 1 aliphatic rings. The highest BCUT2D eigenvalue weighted by Crippen LogP contribution is 2.61. The summed E-state index contributed by atoms with van der Waals surface area (Å²) >= 11 is 1.16. The van der Waals surface area contributed by atoms with Gasteiger partial charge in [-0.1, -0.05) is 149 Å². The van der Waals surface area contributed by atoms with Crippen molar-refractivity contribution in [1.82, 2.24) is 30.2 Å². The molecule has 8 unspecified atom stereocenters. The molecule has 24 nitrogen and oxygen atoms in total. The molecule has 0 radical (unpaired) electrons. The number of aliphatic hydroxyl groups excluding tert-OH is 2. The number of ether oxygens (including phenoxy) is 1. The number of hydrogen-bond donors (Lipinski definition) is 9. The molecule has 1 fully saturated rings. The van der Waals surface area contributed by atoms with Crippen LogP contribution in [0.3, 0.4) is 0 Å². The quantitative estimate of drug-likeness (QED) is 0.0247.